The lowest BCUT2D eigenvalue weighted by Gasteiger charge is -2.16. The van der Waals surface area contributed by atoms with E-state index in [9.17, 15) is 4.39 Å². The first kappa shape index (κ1) is 13.3. The number of halogens is 1. The predicted octanol–water partition coefficient (Wildman–Crippen LogP) is 2.47. The van der Waals surface area contributed by atoms with Crippen LogP contribution < -0.4 is 5.32 Å². The van der Waals surface area contributed by atoms with Crippen LogP contribution in [0.3, 0.4) is 0 Å². The average Bonchev–Trinajstić information content (AvgIpc) is 2.83. The van der Waals surface area contributed by atoms with Gasteiger partial charge in [-0.05, 0) is 24.1 Å². The van der Waals surface area contributed by atoms with Crippen LogP contribution in [0.2, 0.25) is 0 Å². The van der Waals surface area contributed by atoms with Crippen molar-refractivity contribution >= 4 is 0 Å². The standard InChI is InChI=1S/C16H20FN3/c1-2-16-19-14-11-18-8-6-15(14)20(16)9-7-12-4-3-5-13(17)10-12/h3-5,10,18H,2,6-9,11H2,1H3. The van der Waals surface area contributed by atoms with Gasteiger partial charge in [-0.25, -0.2) is 9.37 Å². The van der Waals surface area contributed by atoms with E-state index in [1.807, 2.05) is 6.07 Å². The Labute approximate surface area is 118 Å². The molecule has 4 heteroatoms. The second-order valence-corrected chi connectivity index (χ2v) is 5.23. The Morgan fingerprint density at radius 3 is 3.10 bits per heavy atom. The van der Waals surface area contributed by atoms with E-state index in [2.05, 4.69) is 16.8 Å². The topological polar surface area (TPSA) is 29.9 Å². The highest BCUT2D eigenvalue weighted by molar-refractivity contribution is 5.21. The molecule has 1 N–H and O–H groups in total. The molecule has 0 aliphatic carbocycles. The Hall–Kier alpha value is -1.68. The van der Waals surface area contributed by atoms with Crippen LogP contribution in [0, 0.1) is 5.82 Å². The number of hydrogen-bond donors (Lipinski definition) is 1. The molecule has 2 heterocycles. The maximum Gasteiger partial charge on any atom is 0.123 e. The van der Waals surface area contributed by atoms with E-state index in [0.717, 1.165) is 50.3 Å². The van der Waals surface area contributed by atoms with Crippen molar-refractivity contribution in [3.63, 3.8) is 0 Å². The van der Waals surface area contributed by atoms with Gasteiger partial charge in [0.2, 0.25) is 0 Å². The maximum atomic E-state index is 13.2. The molecule has 0 fully saturated rings. The van der Waals surface area contributed by atoms with Crippen LogP contribution in [0.5, 0.6) is 0 Å². The third-order valence-electron chi connectivity index (χ3n) is 3.89. The lowest BCUT2D eigenvalue weighted by atomic mass is 10.1. The van der Waals surface area contributed by atoms with Crippen molar-refractivity contribution < 1.29 is 4.39 Å². The number of imidazole rings is 1. The molecule has 0 radical (unpaired) electrons. The fourth-order valence-corrected chi connectivity index (χ4v) is 2.89. The third-order valence-corrected chi connectivity index (χ3v) is 3.89. The molecule has 106 valence electrons. The second kappa shape index (κ2) is 5.75. The molecule has 0 atom stereocenters. The Kier molecular flexibility index (Phi) is 3.83. The Balaban J connectivity index is 1.81. The lowest BCUT2D eigenvalue weighted by molar-refractivity contribution is 0.575. The van der Waals surface area contributed by atoms with Crippen LogP contribution >= 0.6 is 0 Å². The number of nitrogens with one attached hydrogen (secondary N) is 1. The normalized spacial score (nSPS) is 14.3. The highest BCUT2D eigenvalue weighted by Gasteiger charge is 2.18. The minimum atomic E-state index is -0.157. The van der Waals surface area contributed by atoms with Gasteiger partial charge in [-0.1, -0.05) is 19.1 Å². The van der Waals surface area contributed by atoms with Crippen LogP contribution in [0.15, 0.2) is 24.3 Å². The van der Waals surface area contributed by atoms with Gasteiger partial charge < -0.3 is 9.88 Å². The summed E-state index contributed by atoms with van der Waals surface area (Å²) in [6.45, 7) is 4.91. The first-order valence-electron chi connectivity index (χ1n) is 7.30. The van der Waals surface area contributed by atoms with Crippen LogP contribution in [0.25, 0.3) is 0 Å². The fourth-order valence-electron chi connectivity index (χ4n) is 2.89. The highest BCUT2D eigenvalue weighted by atomic mass is 19.1. The molecule has 0 bridgehead atoms. The van der Waals surface area contributed by atoms with Gasteiger partial charge in [-0.2, -0.15) is 0 Å². The smallest absolute Gasteiger partial charge is 0.123 e. The molecular weight excluding hydrogens is 253 g/mol. The molecule has 1 aliphatic heterocycles. The van der Waals surface area contributed by atoms with Crippen molar-refractivity contribution in [1.82, 2.24) is 14.9 Å². The third kappa shape index (κ3) is 2.61. The van der Waals surface area contributed by atoms with Gasteiger partial charge in [0.25, 0.3) is 0 Å². The first-order chi connectivity index (χ1) is 9.78. The van der Waals surface area contributed by atoms with Crippen molar-refractivity contribution in [2.24, 2.45) is 0 Å². The zero-order valence-corrected chi connectivity index (χ0v) is 11.8. The van der Waals surface area contributed by atoms with E-state index in [0.29, 0.717) is 0 Å². The highest BCUT2D eigenvalue weighted by Crippen LogP contribution is 2.17. The van der Waals surface area contributed by atoms with E-state index in [4.69, 9.17) is 4.98 Å². The molecule has 3 nitrogen and oxygen atoms in total. The monoisotopic (exact) mass is 273 g/mol. The van der Waals surface area contributed by atoms with Gasteiger partial charge in [-0.3, -0.25) is 0 Å². The Morgan fingerprint density at radius 2 is 2.30 bits per heavy atom. The molecule has 1 aliphatic rings. The molecular formula is C16H20FN3. The summed E-state index contributed by atoms with van der Waals surface area (Å²) in [7, 11) is 0. The number of aryl methyl sites for hydroxylation is 2. The molecule has 2 aromatic rings. The number of fused-ring (bicyclic) bond motifs is 1. The minimum Gasteiger partial charge on any atom is -0.331 e. The minimum absolute atomic E-state index is 0.157. The van der Waals surface area contributed by atoms with Crippen molar-refractivity contribution in [3.05, 3.63) is 52.9 Å². The summed E-state index contributed by atoms with van der Waals surface area (Å²) < 4.78 is 15.6. The van der Waals surface area contributed by atoms with Gasteiger partial charge in [0, 0.05) is 38.2 Å². The van der Waals surface area contributed by atoms with Crippen molar-refractivity contribution in [2.45, 2.75) is 39.3 Å². The van der Waals surface area contributed by atoms with Crippen molar-refractivity contribution in [2.75, 3.05) is 6.54 Å². The summed E-state index contributed by atoms with van der Waals surface area (Å²) in [5.74, 6) is 0.991. The Bertz CT molecular complexity index is 604. The summed E-state index contributed by atoms with van der Waals surface area (Å²) in [5, 5.41) is 3.36. The molecule has 1 aromatic carbocycles. The fraction of sp³-hybridized carbons (Fsp3) is 0.438. The Morgan fingerprint density at radius 1 is 1.40 bits per heavy atom. The average molecular weight is 273 g/mol. The molecule has 0 saturated heterocycles. The molecule has 3 rings (SSSR count). The summed E-state index contributed by atoms with van der Waals surface area (Å²) in [6.07, 6.45) is 2.82. The zero-order valence-electron chi connectivity index (χ0n) is 11.8. The van der Waals surface area contributed by atoms with E-state index >= 15 is 0 Å². The van der Waals surface area contributed by atoms with E-state index < -0.39 is 0 Å². The van der Waals surface area contributed by atoms with Crippen LogP contribution in [-0.4, -0.2) is 16.1 Å². The van der Waals surface area contributed by atoms with E-state index in [1.54, 1.807) is 12.1 Å². The molecule has 0 amide bonds. The maximum absolute atomic E-state index is 13.2. The number of nitrogens with zero attached hydrogens (tertiary/aromatic N) is 2. The SMILES string of the molecule is CCc1nc2c(n1CCc1cccc(F)c1)CCNC2. The van der Waals surface area contributed by atoms with Crippen molar-refractivity contribution in [1.29, 1.82) is 0 Å². The molecule has 0 saturated carbocycles. The molecule has 0 unspecified atom stereocenters. The summed E-state index contributed by atoms with van der Waals surface area (Å²) >= 11 is 0. The van der Waals surface area contributed by atoms with Crippen LogP contribution in [0.1, 0.15) is 29.7 Å². The van der Waals surface area contributed by atoms with Gasteiger partial charge in [-0.15, -0.1) is 0 Å². The summed E-state index contributed by atoms with van der Waals surface area (Å²) in [4.78, 5) is 4.73. The summed E-state index contributed by atoms with van der Waals surface area (Å²) in [6, 6.07) is 6.88. The quantitative estimate of drug-likeness (QED) is 0.927. The largest absolute Gasteiger partial charge is 0.331 e. The number of benzene rings is 1. The van der Waals surface area contributed by atoms with Crippen LogP contribution in [-0.2, 0) is 32.4 Å². The van der Waals surface area contributed by atoms with Gasteiger partial charge in [0.05, 0.1) is 5.69 Å². The van der Waals surface area contributed by atoms with Crippen molar-refractivity contribution in [3.8, 4) is 0 Å². The van der Waals surface area contributed by atoms with Crippen LogP contribution in [0.4, 0.5) is 4.39 Å². The second-order valence-electron chi connectivity index (χ2n) is 5.23. The molecule has 20 heavy (non-hydrogen) atoms. The van der Waals surface area contributed by atoms with Gasteiger partial charge in [0.15, 0.2) is 0 Å². The molecule has 1 aromatic heterocycles. The van der Waals surface area contributed by atoms with E-state index in [1.165, 1.54) is 17.5 Å². The lowest BCUT2D eigenvalue weighted by Crippen LogP contribution is -2.25. The first-order valence-corrected chi connectivity index (χ1v) is 7.30. The van der Waals surface area contributed by atoms with E-state index in [-0.39, 0.29) is 5.82 Å². The number of hydrogen-bond acceptors (Lipinski definition) is 2. The molecule has 0 spiro atoms. The number of rotatable bonds is 4. The zero-order chi connectivity index (χ0) is 13.9. The van der Waals surface area contributed by atoms with Gasteiger partial charge >= 0.3 is 0 Å². The number of aromatic nitrogens is 2. The predicted molar refractivity (Wildman–Crippen MR) is 77.1 cm³/mol. The van der Waals surface area contributed by atoms with Gasteiger partial charge in [0.1, 0.15) is 11.6 Å². The summed E-state index contributed by atoms with van der Waals surface area (Å²) in [5.41, 5.74) is 3.59.